The van der Waals surface area contributed by atoms with E-state index in [2.05, 4.69) is 20.5 Å². The molecule has 0 saturated heterocycles. The first-order chi connectivity index (χ1) is 12.7. The summed E-state index contributed by atoms with van der Waals surface area (Å²) in [6.45, 7) is 0. The van der Waals surface area contributed by atoms with Crippen LogP contribution in [0.3, 0.4) is 0 Å². The lowest BCUT2D eigenvalue weighted by atomic mass is 10.1. The first-order valence-electron chi connectivity index (χ1n) is 7.53. The van der Waals surface area contributed by atoms with Crippen LogP contribution >= 0.6 is 11.3 Å². The third-order valence-corrected chi connectivity index (χ3v) is 4.34. The molecule has 0 aliphatic carbocycles. The van der Waals surface area contributed by atoms with Crippen molar-refractivity contribution in [2.45, 2.75) is 0 Å². The lowest BCUT2D eigenvalue weighted by Gasteiger charge is -2.14. The topological polar surface area (TPSA) is 95.5 Å². The van der Waals surface area contributed by atoms with Crippen molar-refractivity contribution in [1.82, 2.24) is 15.2 Å². The summed E-state index contributed by atoms with van der Waals surface area (Å²) in [5.41, 5.74) is 0.980. The molecule has 3 rings (SSSR count). The van der Waals surface area contributed by atoms with Crippen molar-refractivity contribution in [3.63, 3.8) is 0 Å². The van der Waals surface area contributed by atoms with E-state index in [1.54, 1.807) is 18.3 Å². The van der Waals surface area contributed by atoms with Crippen molar-refractivity contribution in [2.75, 3.05) is 26.6 Å². The van der Waals surface area contributed by atoms with E-state index >= 15 is 0 Å². The lowest BCUT2D eigenvalue weighted by molar-refractivity contribution is 0.102. The van der Waals surface area contributed by atoms with E-state index in [0.29, 0.717) is 32.9 Å². The van der Waals surface area contributed by atoms with Crippen molar-refractivity contribution < 1.29 is 19.0 Å². The number of nitrogens with one attached hydrogen (secondary N) is 1. The molecule has 26 heavy (non-hydrogen) atoms. The number of methoxy groups -OCH3 is 3. The van der Waals surface area contributed by atoms with Crippen molar-refractivity contribution in [1.29, 1.82) is 0 Å². The minimum absolute atomic E-state index is 0.277. The van der Waals surface area contributed by atoms with Gasteiger partial charge in [0.15, 0.2) is 16.5 Å². The minimum Gasteiger partial charge on any atom is -0.493 e. The molecule has 2 aromatic heterocycles. The third-order valence-electron chi connectivity index (χ3n) is 3.48. The van der Waals surface area contributed by atoms with Crippen LogP contribution in [0.2, 0.25) is 0 Å². The predicted octanol–water partition coefficient (Wildman–Crippen LogP) is 2.88. The fraction of sp³-hybridized carbons (Fsp3) is 0.176. The third kappa shape index (κ3) is 3.42. The molecule has 2 heterocycles. The molecule has 0 fully saturated rings. The van der Waals surface area contributed by atoms with Crippen LogP contribution in [0.5, 0.6) is 17.2 Å². The summed E-state index contributed by atoms with van der Waals surface area (Å²) >= 11 is 1.23. The number of anilines is 1. The molecular formula is C17H16N4O4S. The summed E-state index contributed by atoms with van der Waals surface area (Å²) in [5, 5.41) is 11.7. The number of benzene rings is 1. The van der Waals surface area contributed by atoms with E-state index in [4.69, 9.17) is 14.2 Å². The van der Waals surface area contributed by atoms with E-state index in [9.17, 15) is 4.79 Å². The van der Waals surface area contributed by atoms with E-state index in [0.717, 1.165) is 0 Å². The summed E-state index contributed by atoms with van der Waals surface area (Å²) in [7, 11) is 4.45. The largest absolute Gasteiger partial charge is 0.493 e. The number of aromatic nitrogens is 3. The number of pyridine rings is 1. The Labute approximate surface area is 153 Å². The summed E-state index contributed by atoms with van der Waals surface area (Å²) < 4.78 is 15.9. The minimum atomic E-state index is -0.397. The highest BCUT2D eigenvalue weighted by Crippen LogP contribution is 2.40. The number of hydrogen-bond acceptors (Lipinski definition) is 8. The standard InChI is InChI=1S/C17H16N4O4S/c1-23-12-8-7-10(13(24-2)14(12)25-3)15(22)19-17-21-20-16(26-17)11-6-4-5-9-18-11/h4-9H,1-3H3,(H,19,21,22). The highest BCUT2D eigenvalue weighted by Gasteiger charge is 2.21. The van der Waals surface area contributed by atoms with Crippen molar-refractivity contribution >= 4 is 22.4 Å². The average molecular weight is 372 g/mol. The second-order valence-electron chi connectivity index (χ2n) is 4.96. The van der Waals surface area contributed by atoms with Gasteiger partial charge in [-0.25, -0.2) is 0 Å². The van der Waals surface area contributed by atoms with Crippen LogP contribution in [-0.4, -0.2) is 42.4 Å². The Morgan fingerprint density at radius 2 is 1.81 bits per heavy atom. The number of rotatable bonds is 6. The summed E-state index contributed by atoms with van der Waals surface area (Å²) in [6.07, 6.45) is 1.67. The second kappa shape index (κ2) is 7.79. The van der Waals surface area contributed by atoms with Gasteiger partial charge in [-0.2, -0.15) is 0 Å². The Bertz CT molecular complexity index is 914. The van der Waals surface area contributed by atoms with Crippen LogP contribution in [0.15, 0.2) is 36.5 Å². The first kappa shape index (κ1) is 17.6. The van der Waals surface area contributed by atoms with Gasteiger partial charge in [0.05, 0.1) is 26.9 Å². The van der Waals surface area contributed by atoms with Crippen molar-refractivity contribution in [2.24, 2.45) is 0 Å². The van der Waals surface area contributed by atoms with Gasteiger partial charge >= 0.3 is 0 Å². The van der Waals surface area contributed by atoms with E-state index in [1.165, 1.54) is 32.7 Å². The summed E-state index contributed by atoms with van der Waals surface area (Å²) in [6, 6.07) is 8.72. The SMILES string of the molecule is COc1ccc(C(=O)Nc2nnc(-c3ccccn3)s2)c(OC)c1OC. The molecule has 0 saturated carbocycles. The molecule has 9 heteroatoms. The van der Waals surface area contributed by atoms with Crippen LogP contribution in [-0.2, 0) is 0 Å². The summed E-state index contributed by atoms with van der Waals surface area (Å²) in [5.74, 6) is 0.689. The van der Waals surface area contributed by atoms with Crippen LogP contribution in [0, 0.1) is 0 Å². The molecule has 0 unspecified atom stereocenters. The van der Waals surface area contributed by atoms with Crippen molar-refractivity contribution in [3.05, 3.63) is 42.1 Å². The fourth-order valence-corrected chi connectivity index (χ4v) is 3.03. The van der Waals surface area contributed by atoms with Gasteiger partial charge in [0.1, 0.15) is 5.69 Å². The Kier molecular flexibility index (Phi) is 5.28. The van der Waals surface area contributed by atoms with Crippen LogP contribution in [0.25, 0.3) is 10.7 Å². The maximum absolute atomic E-state index is 12.6. The fourth-order valence-electron chi connectivity index (χ4n) is 2.31. The Hall–Kier alpha value is -3.20. The zero-order valence-electron chi connectivity index (χ0n) is 14.3. The predicted molar refractivity (Wildman–Crippen MR) is 97.2 cm³/mol. The molecular weight excluding hydrogens is 356 g/mol. The molecule has 3 aromatic rings. The van der Waals surface area contributed by atoms with Gasteiger partial charge in [-0.3, -0.25) is 15.1 Å². The Morgan fingerprint density at radius 1 is 1.00 bits per heavy atom. The number of hydrogen-bond donors (Lipinski definition) is 1. The van der Waals surface area contributed by atoms with Gasteiger partial charge in [0, 0.05) is 6.20 Å². The molecule has 134 valence electrons. The molecule has 1 aromatic carbocycles. The molecule has 1 amide bonds. The average Bonchev–Trinajstić information content (AvgIpc) is 3.15. The number of ether oxygens (including phenoxy) is 3. The number of nitrogens with zero attached hydrogens (tertiary/aromatic N) is 3. The second-order valence-corrected chi connectivity index (χ2v) is 5.94. The molecule has 0 spiro atoms. The van der Waals surface area contributed by atoms with Gasteiger partial charge in [-0.1, -0.05) is 17.4 Å². The molecule has 8 nitrogen and oxygen atoms in total. The van der Waals surface area contributed by atoms with Crippen LogP contribution < -0.4 is 19.5 Å². The number of carbonyl (C=O) groups is 1. The van der Waals surface area contributed by atoms with E-state index in [-0.39, 0.29) is 5.75 Å². The monoisotopic (exact) mass is 372 g/mol. The molecule has 0 atom stereocenters. The zero-order valence-corrected chi connectivity index (χ0v) is 15.2. The molecule has 0 bridgehead atoms. The quantitative estimate of drug-likeness (QED) is 0.711. The van der Waals surface area contributed by atoms with Gasteiger partial charge in [0.2, 0.25) is 10.9 Å². The van der Waals surface area contributed by atoms with E-state index in [1.807, 2.05) is 18.2 Å². The van der Waals surface area contributed by atoms with Gasteiger partial charge in [0.25, 0.3) is 5.91 Å². The van der Waals surface area contributed by atoms with Gasteiger partial charge in [-0.15, -0.1) is 10.2 Å². The van der Waals surface area contributed by atoms with Gasteiger partial charge < -0.3 is 14.2 Å². The normalized spacial score (nSPS) is 10.3. The smallest absolute Gasteiger partial charge is 0.261 e. The van der Waals surface area contributed by atoms with E-state index < -0.39 is 5.91 Å². The lowest BCUT2D eigenvalue weighted by Crippen LogP contribution is -2.13. The molecule has 1 N–H and O–H groups in total. The first-order valence-corrected chi connectivity index (χ1v) is 8.34. The Balaban J connectivity index is 1.86. The summed E-state index contributed by atoms with van der Waals surface area (Å²) in [4.78, 5) is 16.9. The Morgan fingerprint density at radius 3 is 2.46 bits per heavy atom. The number of carbonyl (C=O) groups excluding carboxylic acids is 1. The molecule has 0 radical (unpaired) electrons. The highest BCUT2D eigenvalue weighted by molar-refractivity contribution is 7.18. The highest BCUT2D eigenvalue weighted by atomic mass is 32.1. The number of amides is 1. The zero-order chi connectivity index (χ0) is 18.5. The van der Waals surface area contributed by atoms with Crippen molar-refractivity contribution in [3.8, 4) is 28.0 Å². The molecule has 0 aliphatic heterocycles. The van der Waals surface area contributed by atoms with Crippen LogP contribution in [0.1, 0.15) is 10.4 Å². The van der Waals surface area contributed by atoms with Crippen LogP contribution in [0.4, 0.5) is 5.13 Å². The maximum Gasteiger partial charge on any atom is 0.261 e. The molecule has 0 aliphatic rings. The van der Waals surface area contributed by atoms with Gasteiger partial charge in [-0.05, 0) is 24.3 Å². The maximum atomic E-state index is 12.6.